The van der Waals surface area contributed by atoms with Crippen LogP contribution in [0.5, 0.6) is 0 Å². The molecule has 0 fully saturated rings. The number of esters is 1. The summed E-state index contributed by atoms with van der Waals surface area (Å²) in [5, 5.41) is 6.12. The Morgan fingerprint density at radius 1 is 1.21 bits per heavy atom. The minimum Gasteiger partial charge on any atom is -0.465 e. The number of allylic oxidation sites excluding steroid dienone is 1. The lowest BCUT2D eigenvalue weighted by Gasteiger charge is -2.13. The Balaban J connectivity index is 1.65. The molecule has 0 aromatic heterocycles. The van der Waals surface area contributed by atoms with Gasteiger partial charge in [-0.2, -0.15) is 0 Å². The standard InChI is InChI=1S/C19H26N2O3/c1-24-19(23)16-8-5-9-17(14-16)20-13-11-18(22)21-12-10-15-6-3-2-4-7-15/h5-6,8-9,14,20H,2-4,7,10-13H2,1H3,(H,21,22). The summed E-state index contributed by atoms with van der Waals surface area (Å²) in [6.45, 7) is 1.24. The highest BCUT2D eigenvalue weighted by Crippen LogP contribution is 2.19. The molecule has 0 saturated carbocycles. The molecule has 5 nitrogen and oxygen atoms in total. The monoisotopic (exact) mass is 330 g/mol. The molecule has 1 aromatic rings. The van der Waals surface area contributed by atoms with Crippen LogP contribution in [0.1, 0.15) is 48.9 Å². The molecule has 0 atom stereocenters. The summed E-state index contributed by atoms with van der Waals surface area (Å²) in [6, 6.07) is 7.06. The maximum absolute atomic E-state index is 11.9. The fraction of sp³-hybridized carbons (Fsp3) is 0.474. The van der Waals surface area contributed by atoms with E-state index in [1.54, 1.807) is 18.2 Å². The first-order valence-corrected chi connectivity index (χ1v) is 8.56. The topological polar surface area (TPSA) is 67.4 Å². The van der Waals surface area contributed by atoms with E-state index in [2.05, 4.69) is 16.7 Å². The molecule has 0 heterocycles. The van der Waals surface area contributed by atoms with Gasteiger partial charge in [0.1, 0.15) is 0 Å². The van der Waals surface area contributed by atoms with Gasteiger partial charge in [-0.1, -0.05) is 17.7 Å². The van der Waals surface area contributed by atoms with Gasteiger partial charge in [0.2, 0.25) is 5.91 Å². The highest BCUT2D eigenvalue weighted by atomic mass is 16.5. The molecule has 1 aliphatic carbocycles. The quantitative estimate of drug-likeness (QED) is 0.567. The number of amides is 1. The van der Waals surface area contributed by atoms with Crippen molar-refractivity contribution in [2.75, 3.05) is 25.5 Å². The summed E-state index contributed by atoms with van der Waals surface area (Å²) in [5.41, 5.74) is 2.77. The van der Waals surface area contributed by atoms with E-state index < -0.39 is 0 Å². The summed E-state index contributed by atoms with van der Waals surface area (Å²) < 4.78 is 4.69. The molecule has 24 heavy (non-hydrogen) atoms. The predicted octanol–water partition coefficient (Wildman–Crippen LogP) is 3.28. The molecule has 2 rings (SSSR count). The SMILES string of the molecule is COC(=O)c1cccc(NCCC(=O)NCCC2=CCCCC2)c1. The van der Waals surface area contributed by atoms with Gasteiger partial charge in [-0.05, 0) is 50.3 Å². The van der Waals surface area contributed by atoms with Crippen LogP contribution in [0.4, 0.5) is 5.69 Å². The van der Waals surface area contributed by atoms with E-state index in [0.29, 0.717) is 25.1 Å². The van der Waals surface area contributed by atoms with Crippen LogP contribution in [-0.2, 0) is 9.53 Å². The Morgan fingerprint density at radius 3 is 2.83 bits per heavy atom. The van der Waals surface area contributed by atoms with Gasteiger partial charge in [0, 0.05) is 25.2 Å². The third kappa shape index (κ3) is 6.07. The van der Waals surface area contributed by atoms with Gasteiger partial charge in [-0.15, -0.1) is 0 Å². The molecule has 0 saturated heterocycles. The van der Waals surface area contributed by atoms with E-state index in [4.69, 9.17) is 4.74 Å². The van der Waals surface area contributed by atoms with Crippen LogP contribution in [0.3, 0.4) is 0 Å². The largest absolute Gasteiger partial charge is 0.465 e. The number of ether oxygens (including phenoxy) is 1. The van der Waals surface area contributed by atoms with Crippen LogP contribution in [0.2, 0.25) is 0 Å². The zero-order chi connectivity index (χ0) is 17.2. The fourth-order valence-electron chi connectivity index (χ4n) is 2.78. The normalized spacial score (nSPS) is 13.8. The van der Waals surface area contributed by atoms with E-state index in [1.165, 1.54) is 38.4 Å². The molecule has 2 N–H and O–H groups in total. The average molecular weight is 330 g/mol. The summed E-state index contributed by atoms with van der Waals surface area (Å²) in [6.07, 6.45) is 8.59. The van der Waals surface area contributed by atoms with Crippen LogP contribution >= 0.6 is 0 Å². The minimum atomic E-state index is -0.367. The first-order valence-electron chi connectivity index (χ1n) is 8.56. The molecule has 0 spiro atoms. The number of carbonyl (C=O) groups excluding carboxylic acids is 2. The van der Waals surface area contributed by atoms with Crippen molar-refractivity contribution in [1.82, 2.24) is 5.32 Å². The van der Waals surface area contributed by atoms with Crippen molar-refractivity contribution >= 4 is 17.6 Å². The number of anilines is 1. The summed E-state index contributed by atoms with van der Waals surface area (Å²) in [5.74, 6) is -0.323. The maximum atomic E-state index is 11.9. The Labute approximate surface area is 143 Å². The second-order valence-corrected chi connectivity index (χ2v) is 5.96. The van der Waals surface area contributed by atoms with Crippen molar-refractivity contribution in [3.8, 4) is 0 Å². The molecule has 1 amide bonds. The first-order chi connectivity index (χ1) is 11.7. The molecular formula is C19H26N2O3. The fourth-order valence-corrected chi connectivity index (χ4v) is 2.78. The Kier molecular flexibility index (Phi) is 7.33. The molecule has 0 radical (unpaired) electrons. The number of methoxy groups -OCH3 is 1. The molecule has 130 valence electrons. The number of hydrogen-bond donors (Lipinski definition) is 2. The molecular weight excluding hydrogens is 304 g/mol. The van der Waals surface area contributed by atoms with Gasteiger partial charge >= 0.3 is 5.97 Å². The van der Waals surface area contributed by atoms with Crippen molar-refractivity contribution in [2.24, 2.45) is 0 Å². The molecule has 0 bridgehead atoms. The Hall–Kier alpha value is -2.30. The minimum absolute atomic E-state index is 0.0445. The van der Waals surface area contributed by atoms with Crippen LogP contribution in [-0.4, -0.2) is 32.1 Å². The van der Waals surface area contributed by atoms with Crippen molar-refractivity contribution in [2.45, 2.75) is 38.5 Å². The number of carbonyl (C=O) groups is 2. The first kappa shape index (κ1) is 18.0. The molecule has 1 aromatic carbocycles. The molecule has 1 aliphatic rings. The second kappa shape index (κ2) is 9.75. The van der Waals surface area contributed by atoms with Crippen LogP contribution in [0, 0.1) is 0 Å². The van der Waals surface area contributed by atoms with Crippen LogP contribution in [0.15, 0.2) is 35.9 Å². The average Bonchev–Trinajstić information content (AvgIpc) is 2.62. The molecule has 0 aliphatic heterocycles. The van der Waals surface area contributed by atoms with Crippen LogP contribution < -0.4 is 10.6 Å². The second-order valence-electron chi connectivity index (χ2n) is 5.96. The smallest absolute Gasteiger partial charge is 0.337 e. The molecule has 5 heteroatoms. The molecule has 0 unspecified atom stereocenters. The van der Waals surface area contributed by atoms with E-state index in [9.17, 15) is 9.59 Å². The lowest BCUT2D eigenvalue weighted by Crippen LogP contribution is -2.26. The van der Waals surface area contributed by atoms with E-state index in [0.717, 1.165) is 12.1 Å². The number of rotatable bonds is 8. The number of nitrogens with one attached hydrogen (secondary N) is 2. The van der Waals surface area contributed by atoms with Crippen molar-refractivity contribution < 1.29 is 14.3 Å². The highest BCUT2D eigenvalue weighted by Gasteiger charge is 2.07. The Bertz CT molecular complexity index is 596. The Morgan fingerprint density at radius 2 is 2.08 bits per heavy atom. The summed E-state index contributed by atoms with van der Waals surface area (Å²) >= 11 is 0. The van der Waals surface area contributed by atoms with Crippen molar-refractivity contribution in [1.29, 1.82) is 0 Å². The maximum Gasteiger partial charge on any atom is 0.337 e. The van der Waals surface area contributed by atoms with Gasteiger partial charge in [-0.3, -0.25) is 4.79 Å². The van der Waals surface area contributed by atoms with E-state index >= 15 is 0 Å². The third-order valence-corrected chi connectivity index (χ3v) is 4.12. The number of benzene rings is 1. The van der Waals surface area contributed by atoms with Gasteiger partial charge in [0.15, 0.2) is 0 Å². The van der Waals surface area contributed by atoms with Gasteiger partial charge in [0.05, 0.1) is 12.7 Å². The van der Waals surface area contributed by atoms with Crippen molar-refractivity contribution in [3.05, 3.63) is 41.5 Å². The zero-order valence-electron chi connectivity index (χ0n) is 14.3. The predicted molar refractivity (Wildman–Crippen MR) is 95.1 cm³/mol. The van der Waals surface area contributed by atoms with Gasteiger partial charge in [-0.25, -0.2) is 4.79 Å². The van der Waals surface area contributed by atoms with Gasteiger partial charge in [0.25, 0.3) is 0 Å². The van der Waals surface area contributed by atoms with Crippen LogP contribution in [0.25, 0.3) is 0 Å². The summed E-state index contributed by atoms with van der Waals surface area (Å²) in [7, 11) is 1.36. The lowest BCUT2D eigenvalue weighted by molar-refractivity contribution is -0.120. The van der Waals surface area contributed by atoms with Gasteiger partial charge < -0.3 is 15.4 Å². The van der Waals surface area contributed by atoms with E-state index in [-0.39, 0.29) is 11.9 Å². The lowest BCUT2D eigenvalue weighted by atomic mass is 9.97. The van der Waals surface area contributed by atoms with Crippen molar-refractivity contribution in [3.63, 3.8) is 0 Å². The third-order valence-electron chi connectivity index (χ3n) is 4.12. The van der Waals surface area contributed by atoms with E-state index in [1.807, 2.05) is 6.07 Å². The number of hydrogen-bond acceptors (Lipinski definition) is 4. The zero-order valence-corrected chi connectivity index (χ0v) is 14.3. The summed E-state index contributed by atoms with van der Waals surface area (Å²) in [4.78, 5) is 23.3. The highest BCUT2D eigenvalue weighted by molar-refractivity contribution is 5.90.